The molecule has 0 radical (unpaired) electrons. The first-order valence-corrected chi connectivity index (χ1v) is 5.83. The second-order valence-corrected chi connectivity index (χ2v) is 4.07. The Hall–Kier alpha value is -2.48. The normalized spacial score (nSPS) is 11.2. The molecule has 0 atom stereocenters. The fourth-order valence-corrected chi connectivity index (χ4v) is 1.62. The van der Waals surface area contributed by atoms with Gasteiger partial charge in [0.25, 0.3) is 5.91 Å². The van der Waals surface area contributed by atoms with Crippen LogP contribution >= 0.6 is 0 Å². The fraction of sp³-hybridized carbons (Fsp3) is 0.154. The molecular formula is C13H10F3N3O2. The zero-order valence-electron chi connectivity index (χ0n) is 10.6. The minimum atomic E-state index is -4.62. The van der Waals surface area contributed by atoms with Crippen LogP contribution in [0.15, 0.2) is 36.4 Å². The Balaban J connectivity index is 2.24. The Morgan fingerprint density at radius 1 is 1.14 bits per heavy atom. The number of hydrogen-bond donors (Lipinski definition) is 2. The van der Waals surface area contributed by atoms with E-state index in [0.29, 0.717) is 0 Å². The maximum atomic E-state index is 12.8. The summed E-state index contributed by atoms with van der Waals surface area (Å²) in [7, 11) is 0. The lowest BCUT2D eigenvalue weighted by Gasteiger charge is -2.12. The summed E-state index contributed by atoms with van der Waals surface area (Å²) in [6, 6.07) is 7.19. The van der Waals surface area contributed by atoms with Crippen molar-refractivity contribution < 1.29 is 23.1 Å². The molecule has 2 aromatic rings. The zero-order chi connectivity index (χ0) is 15.5. The van der Waals surface area contributed by atoms with E-state index in [4.69, 9.17) is 5.11 Å². The Bertz CT molecular complexity index is 642. The zero-order valence-corrected chi connectivity index (χ0v) is 10.6. The number of hydrogen-bond acceptors (Lipinski definition) is 4. The molecule has 2 N–H and O–H groups in total. The van der Waals surface area contributed by atoms with Crippen LogP contribution in [0.4, 0.5) is 19.0 Å². The molecule has 5 nitrogen and oxygen atoms in total. The van der Waals surface area contributed by atoms with Crippen LogP contribution in [0.25, 0.3) is 0 Å². The first-order chi connectivity index (χ1) is 9.91. The van der Waals surface area contributed by atoms with Crippen LogP contribution in [0.3, 0.4) is 0 Å². The van der Waals surface area contributed by atoms with Crippen LogP contribution < -0.4 is 5.32 Å². The maximum Gasteiger partial charge on any atom is 0.417 e. The van der Waals surface area contributed by atoms with Crippen molar-refractivity contribution >= 4 is 11.7 Å². The van der Waals surface area contributed by atoms with E-state index in [1.807, 2.05) is 0 Å². The summed E-state index contributed by atoms with van der Waals surface area (Å²) >= 11 is 0. The molecule has 0 aliphatic carbocycles. The number of amides is 1. The molecule has 0 unspecified atom stereocenters. The number of nitrogens with zero attached hydrogens (tertiary/aromatic N) is 2. The number of nitrogens with one attached hydrogen (secondary N) is 1. The highest BCUT2D eigenvalue weighted by atomic mass is 19.4. The van der Waals surface area contributed by atoms with Gasteiger partial charge in [0, 0.05) is 0 Å². The van der Waals surface area contributed by atoms with E-state index in [9.17, 15) is 18.0 Å². The predicted molar refractivity (Wildman–Crippen MR) is 67.4 cm³/mol. The third-order valence-electron chi connectivity index (χ3n) is 2.60. The average molecular weight is 297 g/mol. The molecule has 0 bridgehead atoms. The van der Waals surface area contributed by atoms with E-state index < -0.39 is 23.2 Å². The number of carbonyl (C=O) groups excluding carboxylic acids is 1. The van der Waals surface area contributed by atoms with Gasteiger partial charge in [-0.2, -0.15) is 18.3 Å². The first-order valence-electron chi connectivity index (χ1n) is 5.83. The predicted octanol–water partition coefficient (Wildman–Crippen LogP) is 2.24. The summed E-state index contributed by atoms with van der Waals surface area (Å²) in [6.45, 7) is -0.321. The molecule has 21 heavy (non-hydrogen) atoms. The number of alkyl halides is 3. The molecule has 0 saturated heterocycles. The number of aromatic nitrogens is 2. The Morgan fingerprint density at radius 3 is 2.43 bits per heavy atom. The second kappa shape index (κ2) is 5.88. The average Bonchev–Trinajstić information content (AvgIpc) is 2.47. The largest absolute Gasteiger partial charge is 0.417 e. The summed E-state index contributed by atoms with van der Waals surface area (Å²) < 4.78 is 38.4. The van der Waals surface area contributed by atoms with Crippen molar-refractivity contribution in [2.75, 3.05) is 5.32 Å². The number of aliphatic hydroxyl groups excluding tert-OH is 1. The fourth-order valence-electron chi connectivity index (χ4n) is 1.62. The van der Waals surface area contributed by atoms with E-state index in [1.165, 1.54) is 24.3 Å². The van der Waals surface area contributed by atoms with E-state index >= 15 is 0 Å². The van der Waals surface area contributed by atoms with Crippen molar-refractivity contribution in [3.05, 3.63) is 53.2 Å². The van der Waals surface area contributed by atoms with Gasteiger partial charge in [0.05, 0.1) is 23.4 Å². The summed E-state index contributed by atoms with van der Waals surface area (Å²) in [5.41, 5.74) is -1.25. The Labute approximate surface area is 117 Å². The van der Waals surface area contributed by atoms with Gasteiger partial charge in [0.2, 0.25) is 0 Å². The van der Waals surface area contributed by atoms with Gasteiger partial charge >= 0.3 is 6.18 Å². The molecule has 1 heterocycles. The lowest BCUT2D eigenvalue weighted by molar-refractivity contribution is -0.137. The standard InChI is InChI=1S/C13H10F3N3O2/c14-13(15,16)10-4-2-1-3-9(10)12(21)17-11-6-5-8(7-20)18-19-11/h1-6,20H,7H2,(H,17,19,21). The first kappa shape index (κ1) is 14.9. The van der Waals surface area contributed by atoms with Gasteiger partial charge in [-0.1, -0.05) is 12.1 Å². The molecule has 0 aliphatic rings. The number of halogens is 3. The highest BCUT2D eigenvalue weighted by Crippen LogP contribution is 2.32. The van der Waals surface area contributed by atoms with E-state index in [-0.39, 0.29) is 18.1 Å². The van der Waals surface area contributed by atoms with Crippen molar-refractivity contribution in [3.63, 3.8) is 0 Å². The highest BCUT2D eigenvalue weighted by Gasteiger charge is 2.34. The van der Waals surface area contributed by atoms with Crippen molar-refractivity contribution in [2.45, 2.75) is 12.8 Å². The van der Waals surface area contributed by atoms with Crippen molar-refractivity contribution in [1.82, 2.24) is 10.2 Å². The van der Waals surface area contributed by atoms with Crippen LogP contribution in [0, 0.1) is 0 Å². The van der Waals surface area contributed by atoms with E-state index in [1.54, 1.807) is 0 Å². The molecule has 0 saturated carbocycles. The van der Waals surface area contributed by atoms with Crippen molar-refractivity contribution in [3.8, 4) is 0 Å². The van der Waals surface area contributed by atoms with Gasteiger partial charge in [-0.3, -0.25) is 4.79 Å². The molecule has 0 fully saturated rings. The van der Waals surface area contributed by atoms with Gasteiger partial charge in [-0.25, -0.2) is 0 Å². The molecule has 0 spiro atoms. The van der Waals surface area contributed by atoms with Crippen LogP contribution in [0.2, 0.25) is 0 Å². The maximum absolute atomic E-state index is 12.8. The highest BCUT2D eigenvalue weighted by molar-refractivity contribution is 6.04. The van der Waals surface area contributed by atoms with E-state index in [0.717, 1.165) is 12.1 Å². The van der Waals surface area contributed by atoms with Gasteiger partial charge in [-0.15, -0.1) is 5.10 Å². The van der Waals surface area contributed by atoms with E-state index in [2.05, 4.69) is 15.5 Å². The molecule has 1 aromatic carbocycles. The number of benzene rings is 1. The minimum Gasteiger partial charge on any atom is -0.390 e. The molecule has 110 valence electrons. The topological polar surface area (TPSA) is 75.1 Å². The SMILES string of the molecule is O=C(Nc1ccc(CO)nn1)c1ccccc1C(F)(F)F. The van der Waals surface area contributed by atoms with Crippen LogP contribution in [0.1, 0.15) is 21.6 Å². The number of carbonyl (C=O) groups is 1. The van der Waals surface area contributed by atoms with Gasteiger partial charge in [-0.05, 0) is 24.3 Å². The van der Waals surface area contributed by atoms with Crippen LogP contribution in [-0.2, 0) is 12.8 Å². The molecule has 1 aromatic heterocycles. The number of aliphatic hydroxyl groups is 1. The number of rotatable bonds is 3. The lowest BCUT2D eigenvalue weighted by atomic mass is 10.1. The Kier molecular flexibility index (Phi) is 4.18. The molecule has 1 amide bonds. The second-order valence-electron chi connectivity index (χ2n) is 4.07. The molecule has 0 aliphatic heterocycles. The number of anilines is 1. The molecule has 8 heteroatoms. The summed E-state index contributed by atoms with van der Waals surface area (Å²) in [4.78, 5) is 11.9. The minimum absolute atomic E-state index is 0.00539. The summed E-state index contributed by atoms with van der Waals surface area (Å²) in [6.07, 6.45) is -4.62. The molecule has 2 rings (SSSR count). The van der Waals surface area contributed by atoms with Gasteiger partial charge in [0.1, 0.15) is 0 Å². The van der Waals surface area contributed by atoms with Crippen LogP contribution in [-0.4, -0.2) is 21.2 Å². The quantitative estimate of drug-likeness (QED) is 0.911. The third kappa shape index (κ3) is 3.54. The monoisotopic (exact) mass is 297 g/mol. The van der Waals surface area contributed by atoms with Crippen molar-refractivity contribution in [1.29, 1.82) is 0 Å². The van der Waals surface area contributed by atoms with Gasteiger partial charge in [0.15, 0.2) is 5.82 Å². The summed E-state index contributed by atoms with van der Waals surface area (Å²) in [5, 5.41) is 18.2. The molecular weight excluding hydrogens is 287 g/mol. The lowest BCUT2D eigenvalue weighted by Crippen LogP contribution is -2.19. The summed E-state index contributed by atoms with van der Waals surface area (Å²) in [5.74, 6) is -0.942. The van der Waals surface area contributed by atoms with Crippen LogP contribution in [0.5, 0.6) is 0 Å². The van der Waals surface area contributed by atoms with Crippen molar-refractivity contribution in [2.24, 2.45) is 0 Å². The smallest absolute Gasteiger partial charge is 0.390 e. The van der Waals surface area contributed by atoms with Gasteiger partial charge < -0.3 is 10.4 Å². The Morgan fingerprint density at radius 2 is 1.86 bits per heavy atom. The third-order valence-corrected chi connectivity index (χ3v) is 2.60.